The average Bonchev–Trinajstić information content (AvgIpc) is 1.84. The van der Waals surface area contributed by atoms with Gasteiger partial charge >= 0.3 is 103 Å². The molecule has 0 unspecified atom stereocenters. The molecule has 0 aliphatic heterocycles. The van der Waals surface area contributed by atoms with Crippen LogP contribution in [0, 0.1) is 0 Å². The fraction of sp³-hybridized carbons (Fsp3) is 1.00. The molecule has 0 aromatic carbocycles. The molecule has 0 aromatic heterocycles. The summed E-state index contributed by atoms with van der Waals surface area (Å²) in [6.07, 6.45) is 0.851. The van der Waals surface area contributed by atoms with E-state index in [1.54, 1.807) is 6.92 Å². The molecular formula is C5H12K2O3PS+. The maximum atomic E-state index is 10.8. The topological polar surface area (TPSA) is 55.3 Å². The Bertz CT molecular complexity index is 139. The standard InChI is InChI=1S/C5H12O3PS.2K/c1-3-5-10-9(6,7)8-4-2;;/h3-5H2,1-2H3;;/q-1;2*+1. The summed E-state index contributed by atoms with van der Waals surface area (Å²) < 4.78 is 4.49. The van der Waals surface area contributed by atoms with Crippen LogP contribution in [0.5, 0.6) is 0 Å². The van der Waals surface area contributed by atoms with Crippen molar-refractivity contribution in [2.75, 3.05) is 12.4 Å². The molecule has 0 bridgehead atoms. The molecule has 0 radical (unpaired) electrons. The summed E-state index contributed by atoms with van der Waals surface area (Å²) in [4.78, 5) is 21.5. The van der Waals surface area contributed by atoms with Gasteiger partial charge in [0.05, 0.1) is 6.61 Å². The van der Waals surface area contributed by atoms with E-state index in [1.165, 1.54) is 0 Å². The van der Waals surface area contributed by atoms with E-state index in [2.05, 4.69) is 4.52 Å². The number of rotatable bonds is 4. The van der Waals surface area contributed by atoms with Gasteiger partial charge < -0.3 is 14.3 Å². The molecule has 0 rings (SSSR count). The minimum atomic E-state index is -3.54. The van der Waals surface area contributed by atoms with Gasteiger partial charge in [-0.1, -0.05) is 6.92 Å². The van der Waals surface area contributed by atoms with Gasteiger partial charge in [0.2, 0.25) is 0 Å². The molecule has 0 fully saturated rings. The molecule has 12 heavy (non-hydrogen) atoms. The number of hydrogen-bond donors (Lipinski definition) is 0. The van der Waals surface area contributed by atoms with Crippen LogP contribution in [0.4, 0.5) is 0 Å². The van der Waals surface area contributed by atoms with Crippen LogP contribution >= 0.6 is 6.72 Å². The van der Waals surface area contributed by atoms with Crippen LogP contribution in [0.2, 0.25) is 0 Å². The number of hydrogen-bond acceptors (Lipinski definition) is 3. The SMILES string of the molecule is CCC[S+]=P([O-])([O-])OCC.[K+].[K+]. The third-order valence-electron chi connectivity index (χ3n) is 0.741. The van der Waals surface area contributed by atoms with Crippen molar-refractivity contribution in [1.82, 2.24) is 0 Å². The maximum absolute atomic E-state index is 10.8. The molecule has 0 atom stereocenters. The Morgan fingerprint density at radius 2 is 1.75 bits per heavy atom. The summed E-state index contributed by atoms with van der Waals surface area (Å²) in [6.45, 7) is 0.285. The van der Waals surface area contributed by atoms with Crippen molar-refractivity contribution < 1.29 is 117 Å². The first-order chi connectivity index (χ1) is 4.62. The zero-order chi connectivity index (χ0) is 8.04. The van der Waals surface area contributed by atoms with Crippen LogP contribution in [0.15, 0.2) is 0 Å². The fourth-order valence-electron chi connectivity index (χ4n) is 0.398. The summed E-state index contributed by atoms with van der Waals surface area (Å²) in [5, 5.41) is 0. The molecule has 3 nitrogen and oxygen atoms in total. The van der Waals surface area contributed by atoms with Gasteiger partial charge in [0, 0.05) is 0 Å². The van der Waals surface area contributed by atoms with Crippen molar-refractivity contribution in [3.63, 3.8) is 0 Å². The molecule has 0 aliphatic carbocycles. The molecule has 0 amide bonds. The summed E-state index contributed by atoms with van der Waals surface area (Å²) >= 11 is 0. The van der Waals surface area contributed by atoms with Gasteiger partial charge in [-0.3, -0.25) is 0 Å². The second-order valence-corrected chi connectivity index (χ2v) is 5.63. The van der Waals surface area contributed by atoms with Crippen molar-refractivity contribution in [1.29, 1.82) is 0 Å². The quantitative estimate of drug-likeness (QED) is 0.288. The first-order valence-corrected chi connectivity index (χ1v) is 6.36. The van der Waals surface area contributed by atoms with Crippen LogP contribution < -0.4 is 113 Å². The molecule has 0 heterocycles. The largest absolute Gasteiger partial charge is 1.00 e. The van der Waals surface area contributed by atoms with E-state index in [9.17, 15) is 9.79 Å². The van der Waals surface area contributed by atoms with Gasteiger partial charge in [0.25, 0.3) is 0 Å². The van der Waals surface area contributed by atoms with E-state index < -0.39 is 6.72 Å². The van der Waals surface area contributed by atoms with Gasteiger partial charge in [-0.25, -0.2) is 0 Å². The van der Waals surface area contributed by atoms with Crippen LogP contribution in [0.1, 0.15) is 20.3 Å². The summed E-state index contributed by atoms with van der Waals surface area (Å²) in [7, 11) is 0.881. The van der Waals surface area contributed by atoms with E-state index in [-0.39, 0.29) is 109 Å². The molecular weight excluding hydrogens is 249 g/mol. The second kappa shape index (κ2) is 12.9. The van der Waals surface area contributed by atoms with Gasteiger partial charge in [-0.2, -0.15) is 0 Å². The molecule has 0 N–H and O–H groups in total. The molecule has 7 heteroatoms. The van der Waals surface area contributed by atoms with Crippen molar-refractivity contribution >= 4 is 17.7 Å². The Hall–Kier alpha value is 3.80. The van der Waals surface area contributed by atoms with E-state index in [4.69, 9.17) is 0 Å². The summed E-state index contributed by atoms with van der Waals surface area (Å²) in [5.41, 5.74) is 0. The monoisotopic (exact) mass is 261 g/mol. The Morgan fingerprint density at radius 3 is 2.08 bits per heavy atom. The zero-order valence-corrected chi connectivity index (χ0v) is 16.2. The molecule has 0 spiro atoms. The predicted molar refractivity (Wildman–Crippen MR) is 41.1 cm³/mol. The summed E-state index contributed by atoms with van der Waals surface area (Å²) in [6, 6.07) is 0. The normalized spacial score (nSPS) is 9.67. The van der Waals surface area contributed by atoms with E-state index in [0.29, 0.717) is 5.75 Å². The van der Waals surface area contributed by atoms with Crippen molar-refractivity contribution in [3.8, 4) is 0 Å². The van der Waals surface area contributed by atoms with Crippen LogP contribution in [0.3, 0.4) is 0 Å². The maximum Gasteiger partial charge on any atom is 1.00 e. The van der Waals surface area contributed by atoms with Gasteiger partial charge in [0.15, 0.2) is 5.75 Å². The molecule has 0 aliphatic rings. The van der Waals surface area contributed by atoms with E-state index >= 15 is 0 Å². The van der Waals surface area contributed by atoms with E-state index in [0.717, 1.165) is 17.4 Å². The molecule has 0 saturated heterocycles. The predicted octanol–water partition coefficient (Wildman–Crippen LogP) is -6.08. The Kier molecular flexibility index (Phi) is 22.7. The average molecular weight is 261 g/mol. The van der Waals surface area contributed by atoms with Gasteiger partial charge in [0.1, 0.15) is 17.7 Å². The molecule has 62 valence electrons. The molecule has 0 saturated carbocycles. The third-order valence-corrected chi connectivity index (χ3v) is 4.03. The van der Waals surface area contributed by atoms with Crippen molar-refractivity contribution in [2.45, 2.75) is 20.3 Å². The smallest absolute Gasteiger partial charge is 0.776 e. The van der Waals surface area contributed by atoms with E-state index in [1.807, 2.05) is 6.92 Å². The van der Waals surface area contributed by atoms with Crippen LogP contribution in [-0.2, 0) is 15.5 Å². The zero-order valence-electron chi connectivity index (χ0n) is 8.20. The summed E-state index contributed by atoms with van der Waals surface area (Å²) in [5.74, 6) is 0.612. The molecule has 0 aromatic rings. The van der Waals surface area contributed by atoms with Gasteiger partial charge in [-0.05, 0) is 13.3 Å². The van der Waals surface area contributed by atoms with Crippen LogP contribution in [0.25, 0.3) is 0 Å². The minimum absolute atomic E-state index is 0. The van der Waals surface area contributed by atoms with Crippen molar-refractivity contribution in [2.24, 2.45) is 0 Å². The minimum Gasteiger partial charge on any atom is -0.776 e. The third kappa shape index (κ3) is 13.8. The first-order valence-electron chi connectivity index (χ1n) is 3.22. The second-order valence-electron chi connectivity index (χ2n) is 1.70. The van der Waals surface area contributed by atoms with Crippen LogP contribution in [-0.4, -0.2) is 12.4 Å². The first kappa shape index (κ1) is 21.1. The van der Waals surface area contributed by atoms with Crippen molar-refractivity contribution in [3.05, 3.63) is 0 Å². The Balaban J connectivity index is -0.000000405. The fourth-order valence-corrected chi connectivity index (χ4v) is 2.95. The Labute approximate surface area is 163 Å². The van der Waals surface area contributed by atoms with Gasteiger partial charge in [-0.15, -0.1) is 0 Å². The Morgan fingerprint density at radius 1 is 1.25 bits per heavy atom.